The van der Waals surface area contributed by atoms with E-state index in [4.69, 9.17) is 12.6 Å². The van der Waals surface area contributed by atoms with Gasteiger partial charge in [-0.1, -0.05) is 12.1 Å². The number of nitrogens with zero attached hydrogens (tertiary/aromatic N) is 4. The summed E-state index contributed by atoms with van der Waals surface area (Å²) in [5.41, 5.74) is 2.96. The van der Waals surface area contributed by atoms with E-state index in [9.17, 15) is 28.2 Å². The first-order valence-electron chi connectivity index (χ1n) is 11.2. The third kappa shape index (κ3) is 4.48. The number of carbonyl (C=O) groups excluding carboxylic acids is 1. The number of benzene rings is 1. The molecule has 5 rings (SSSR count). The van der Waals surface area contributed by atoms with Crippen LogP contribution in [0.1, 0.15) is 45.6 Å². The largest absolute Gasteiger partial charge is 0.434 e. The molecule has 0 aliphatic heterocycles. The van der Waals surface area contributed by atoms with Gasteiger partial charge in [-0.05, 0) is 43.3 Å². The number of ether oxygens (including phenoxy) is 1. The average Bonchev–Trinajstić information content (AvgIpc) is 3.39. The van der Waals surface area contributed by atoms with Crippen molar-refractivity contribution in [3.63, 3.8) is 0 Å². The highest BCUT2D eigenvalue weighted by molar-refractivity contribution is 6.12. The maximum absolute atomic E-state index is 13.8. The van der Waals surface area contributed by atoms with Gasteiger partial charge < -0.3 is 14.9 Å². The van der Waals surface area contributed by atoms with Gasteiger partial charge in [0.1, 0.15) is 17.9 Å². The number of fused-ring (bicyclic) bond motifs is 3. The molecule has 0 fully saturated rings. The van der Waals surface area contributed by atoms with Gasteiger partial charge in [0.15, 0.2) is 13.7 Å². The summed E-state index contributed by atoms with van der Waals surface area (Å²) in [6.07, 6.45) is 4.89. The number of aldehydes is 1. The lowest BCUT2D eigenvalue weighted by Crippen LogP contribution is -2.48. The molecule has 1 aliphatic carbocycles. The van der Waals surface area contributed by atoms with Gasteiger partial charge in [-0.25, -0.2) is 8.91 Å². The van der Waals surface area contributed by atoms with Crippen LogP contribution in [0.3, 0.4) is 0 Å². The lowest BCUT2D eigenvalue weighted by atomic mass is 9.88. The summed E-state index contributed by atoms with van der Waals surface area (Å²) >= 11 is 0. The molecule has 1 aromatic carbocycles. The van der Waals surface area contributed by atoms with Crippen molar-refractivity contribution in [2.45, 2.75) is 30.8 Å². The molecular formula is C25H20BF3N4O4. The Hall–Kier alpha value is -3.74. The number of alkyl halides is 2. The molecule has 188 valence electrons. The predicted molar refractivity (Wildman–Crippen MR) is 127 cm³/mol. The summed E-state index contributed by atoms with van der Waals surface area (Å²) in [7, 11) is 6.92. The van der Waals surface area contributed by atoms with E-state index in [0.717, 1.165) is 11.1 Å². The molecule has 2 radical (unpaired) electrons. The number of rotatable bonds is 7. The molecule has 2 atom stereocenters. The molecular weight excluding hydrogens is 488 g/mol. The van der Waals surface area contributed by atoms with Crippen LogP contribution in [-0.2, 0) is 0 Å². The van der Waals surface area contributed by atoms with Crippen LogP contribution >= 0.6 is 0 Å². The topological polar surface area (TPSA) is 100 Å². The van der Waals surface area contributed by atoms with Crippen molar-refractivity contribution >= 4 is 19.6 Å². The highest BCUT2D eigenvalue weighted by Crippen LogP contribution is 2.51. The van der Waals surface area contributed by atoms with Crippen molar-refractivity contribution in [3.05, 3.63) is 83.2 Å². The van der Waals surface area contributed by atoms with Crippen molar-refractivity contribution in [2.75, 3.05) is 7.05 Å². The zero-order chi connectivity index (χ0) is 26.5. The first-order valence-corrected chi connectivity index (χ1v) is 11.2. The van der Waals surface area contributed by atoms with Crippen LogP contribution in [0.15, 0.2) is 55.0 Å². The molecule has 0 spiro atoms. The van der Waals surface area contributed by atoms with Gasteiger partial charge in [-0.15, -0.1) is 0 Å². The quantitative estimate of drug-likeness (QED) is 0.225. The molecule has 2 unspecified atom stereocenters. The normalized spacial score (nSPS) is 17.5. The second kappa shape index (κ2) is 9.29. The highest BCUT2D eigenvalue weighted by atomic mass is 19.3. The van der Waals surface area contributed by atoms with Crippen LogP contribution in [0.2, 0.25) is 0 Å². The smallest absolute Gasteiger partial charge is 0.387 e. The lowest BCUT2D eigenvalue weighted by Gasteiger charge is -2.34. The minimum absolute atomic E-state index is 0.126. The summed E-state index contributed by atoms with van der Waals surface area (Å²) in [4.78, 5) is 16.9. The number of halogens is 3. The van der Waals surface area contributed by atoms with Crippen LogP contribution in [0.5, 0.6) is 5.75 Å². The molecule has 3 heterocycles. The third-order valence-electron chi connectivity index (χ3n) is 6.64. The Morgan fingerprint density at radius 1 is 1.22 bits per heavy atom. The summed E-state index contributed by atoms with van der Waals surface area (Å²) in [6.45, 7) is -3.14. The van der Waals surface area contributed by atoms with E-state index >= 15 is 0 Å². The molecule has 2 N–H and O–H groups in total. The van der Waals surface area contributed by atoms with E-state index in [1.807, 2.05) is 0 Å². The molecule has 0 amide bonds. The lowest BCUT2D eigenvalue weighted by molar-refractivity contribution is -0.202. The van der Waals surface area contributed by atoms with E-state index in [1.165, 1.54) is 42.0 Å². The minimum atomic E-state index is -3.14. The maximum atomic E-state index is 13.8. The number of carbonyl (C=O) groups is 1. The fraction of sp³-hybridized carbons (Fsp3) is 0.240. The van der Waals surface area contributed by atoms with Crippen molar-refractivity contribution in [1.29, 1.82) is 0 Å². The van der Waals surface area contributed by atoms with Gasteiger partial charge in [0.25, 0.3) is 0 Å². The number of pyridine rings is 2. The van der Waals surface area contributed by atoms with E-state index in [2.05, 4.69) is 10.1 Å². The van der Waals surface area contributed by atoms with Crippen molar-refractivity contribution in [3.8, 4) is 16.9 Å². The number of aromatic nitrogens is 3. The molecule has 0 bridgehead atoms. The Morgan fingerprint density at radius 2 is 2.00 bits per heavy atom. The number of aliphatic hydroxyl groups is 2. The maximum Gasteiger partial charge on any atom is 0.387 e. The first-order chi connectivity index (χ1) is 17.6. The van der Waals surface area contributed by atoms with Gasteiger partial charge in [0.05, 0.1) is 23.4 Å². The van der Waals surface area contributed by atoms with Crippen LogP contribution in [0, 0.1) is 5.82 Å². The number of hydrogen-bond donors (Lipinski definition) is 2. The Balaban J connectivity index is 1.75. The zero-order valence-corrected chi connectivity index (χ0v) is 19.4. The van der Waals surface area contributed by atoms with Gasteiger partial charge in [-0.2, -0.15) is 13.9 Å². The van der Waals surface area contributed by atoms with E-state index in [-0.39, 0.29) is 23.3 Å². The van der Waals surface area contributed by atoms with E-state index in [0.29, 0.717) is 34.2 Å². The first kappa shape index (κ1) is 24.9. The second-order valence-corrected chi connectivity index (χ2v) is 8.79. The Bertz CT molecular complexity index is 1490. The summed E-state index contributed by atoms with van der Waals surface area (Å²) < 4.78 is 46.7. The molecule has 4 aromatic rings. The van der Waals surface area contributed by atoms with Crippen LogP contribution < -0.4 is 4.74 Å². The van der Waals surface area contributed by atoms with Crippen molar-refractivity contribution in [1.82, 2.24) is 19.5 Å². The molecule has 1 aliphatic rings. The molecule has 0 saturated carbocycles. The molecule has 3 aromatic heterocycles. The van der Waals surface area contributed by atoms with Crippen LogP contribution in [0.4, 0.5) is 13.2 Å². The Kier molecular flexibility index (Phi) is 6.26. The van der Waals surface area contributed by atoms with Gasteiger partial charge in [0.2, 0.25) is 0 Å². The molecule has 8 nitrogen and oxygen atoms in total. The summed E-state index contributed by atoms with van der Waals surface area (Å²) in [6, 6.07) is 8.25. The van der Waals surface area contributed by atoms with Gasteiger partial charge in [-0.3, -0.25) is 14.7 Å². The number of hydrogen-bond acceptors (Lipinski definition) is 7. The van der Waals surface area contributed by atoms with E-state index in [1.54, 1.807) is 18.3 Å². The predicted octanol–water partition coefficient (Wildman–Crippen LogP) is 3.22. The third-order valence-corrected chi connectivity index (χ3v) is 6.64. The summed E-state index contributed by atoms with van der Waals surface area (Å²) in [5, 5.41) is 24.8. The standard InChI is InChI=1S/C25H20BF3N4O4/c1-32(25(26,35)36)19-9-17(21-14(12-34)3-2-4-20(21)37-24(28)29)22-18-8-13(5-6-33(18)31-23(19)22)15-7-16(27)11-30-10-15/h2-8,10-12,17,19,24,35-36H,9H2,1H3. The van der Waals surface area contributed by atoms with E-state index < -0.39 is 30.2 Å². The monoisotopic (exact) mass is 508 g/mol. The molecule has 0 saturated heterocycles. The zero-order valence-electron chi connectivity index (χ0n) is 19.4. The minimum Gasteiger partial charge on any atom is -0.434 e. The SMILES string of the molecule is [B]C(O)(O)N(C)C1CC(c2c(C=O)cccc2OC(F)F)c2c1nn1ccc(-c3cncc(F)c3)cc21. The van der Waals surface area contributed by atoms with Crippen molar-refractivity contribution in [2.24, 2.45) is 0 Å². The van der Waals surface area contributed by atoms with Crippen LogP contribution in [0.25, 0.3) is 16.6 Å². The summed E-state index contributed by atoms with van der Waals surface area (Å²) in [5.74, 6) is -4.12. The highest BCUT2D eigenvalue weighted by Gasteiger charge is 2.44. The van der Waals surface area contributed by atoms with Crippen molar-refractivity contribution < 1.29 is 32.9 Å². The fourth-order valence-electron chi connectivity index (χ4n) is 4.96. The average molecular weight is 508 g/mol. The fourth-order valence-corrected chi connectivity index (χ4v) is 4.96. The van der Waals surface area contributed by atoms with Gasteiger partial charge >= 0.3 is 6.61 Å². The molecule has 12 heteroatoms. The Labute approximate surface area is 210 Å². The second-order valence-electron chi connectivity index (χ2n) is 8.79. The molecule has 37 heavy (non-hydrogen) atoms. The van der Waals surface area contributed by atoms with Gasteiger partial charge in [0, 0.05) is 40.6 Å². The van der Waals surface area contributed by atoms with Crippen LogP contribution in [-0.4, -0.2) is 63.3 Å². The Morgan fingerprint density at radius 3 is 2.68 bits per heavy atom.